The smallest absolute Gasteiger partial charge is 0.302 e. The Bertz CT molecular complexity index is 358. The van der Waals surface area contributed by atoms with Gasteiger partial charge in [-0.25, -0.2) is 0 Å². The first-order valence-corrected chi connectivity index (χ1v) is 6.03. The number of aldehydes is 1. The molecule has 0 radical (unpaired) electrons. The zero-order valence-corrected chi connectivity index (χ0v) is 11.2. The van der Waals surface area contributed by atoms with Crippen LogP contribution in [0.15, 0.2) is 0 Å². The molecule has 0 aromatic heterocycles. The van der Waals surface area contributed by atoms with Gasteiger partial charge in [0.2, 0.25) is 0 Å². The van der Waals surface area contributed by atoms with E-state index < -0.39 is 36.3 Å². The average molecular weight is 273 g/mol. The Labute approximate surface area is 111 Å². The van der Waals surface area contributed by atoms with Crippen molar-refractivity contribution < 1.29 is 28.6 Å². The van der Waals surface area contributed by atoms with Crippen molar-refractivity contribution in [3.63, 3.8) is 0 Å². The topological polar surface area (TPSA) is 105 Å². The first-order chi connectivity index (χ1) is 8.86. The van der Waals surface area contributed by atoms with E-state index in [1.165, 1.54) is 13.8 Å². The van der Waals surface area contributed by atoms with E-state index in [9.17, 15) is 14.4 Å². The first-order valence-electron chi connectivity index (χ1n) is 6.03. The predicted octanol–water partition coefficient (Wildman–Crippen LogP) is -0.589. The minimum absolute atomic E-state index is 0.00861. The van der Waals surface area contributed by atoms with Gasteiger partial charge in [-0.15, -0.1) is 0 Å². The zero-order valence-electron chi connectivity index (χ0n) is 11.2. The third kappa shape index (κ3) is 4.00. The van der Waals surface area contributed by atoms with Crippen LogP contribution in [0.1, 0.15) is 20.8 Å². The summed E-state index contributed by atoms with van der Waals surface area (Å²) in [4.78, 5) is 32.8. The summed E-state index contributed by atoms with van der Waals surface area (Å²) in [6.07, 6.45) is -1.51. The van der Waals surface area contributed by atoms with Crippen LogP contribution >= 0.6 is 0 Å². The maximum atomic E-state index is 11.1. The molecule has 1 heterocycles. The number of carbonyl (C=O) groups excluding carboxylic acids is 3. The Morgan fingerprint density at radius 2 is 1.95 bits per heavy atom. The second-order valence-electron chi connectivity index (χ2n) is 4.59. The predicted molar refractivity (Wildman–Crippen MR) is 64.1 cm³/mol. The molecule has 108 valence electrons. The van der Waals surface area contributed by atoms with Crippen LogP contribution in [0, 0.1) is 5.92 Å². The normalized spacial score (nSPS) is 34.4. The van der Waals surface area contributed by atoms with Crippen molar-refractivity contribution in [1.29, 1.82) is 0 Å². The van der Waals surface area contributed by atoms with Crippen molar-refractivity contribution in [1.82, 2.24) is 0 Å². The fraction of sp³-hybridized carbons (Fsp3) is 0.750. The van der Waals surface area contributed by atoms with Crippen molar-refractivity contribution in [3.05, 3.63) is 0 Å². The lowest BCUT2D eigenvalue weighted by Crippen LogP contribution is -2.60. The number of ether oxygens (including phenoxy) is 3. The van der Waals surface area contributed by atoms with Gasteiger partial charge in [-0.1, -0.05) is 6.92 Å². The summed E-state index contributed by atoms with van der Waals surface area (Å²) >= 11 is 0. The van der Waals surface area contributed by atoms with E-state index in [1.54, 1.807) is 6.92 Å². The first kappa shape index (κ1) is 15.6. The van der Waals surface area contributed by atoms with Gasteiger partial charge in [0.05, 0.1) is 12.1 Å². The lowest BCUT2D eigenvalue weighted by atomic mass is 9.87. The maximum absolute atomic E-state index is 11.1. The van der Waals surface area contributed by atoms with Gasteiger partial charge in [0.1, 0.15) is 18.8 Å². The number of carbonyl (C=O) groups is 3. The van der Waals surface area contributed by atoms with Crippen LogP contribution < -0.4 is 5.73 Å². The maximum Gasteiger partial charge on any atom is 0.302 e. The molecule has 0 saturated carbocycles. The molecule has 0 aromatic rings. The van der Waals surface area contributed by atoms with Crippen LogP contribution in [0.2, 0.25) is 0 Å². The molecule has 1 fully saturated rings. The van der Waals surface area contributed by atoms with Gasteiger partial charge >= 0.3 is 11.9 Å². The van der Waals surface area contributed by atoms with Crippen LogP contribution in [0.3, 0.4) is 0 Å². The highest BCUT2D eigenvalue weighted by molar-refractivity contribution is 5.67. The fourth-order valence-electron chi connectivity index (χ4n) is 2.06. The van der Waals surface area contributed by atoms with Crippen LogP contribution in [0.4, 0.5) is 0 Å². The largest absolute Gasteiger partial charge is 0.463 e. The quantitative estimate of drug-likeness (QED) is 0.539. The SMILES string of the molecule is CC(=O)OCC1O[C@@H](C=O)C(N)C(OC(C)=O)[C@@H]1C. The summed E-state index contributed by atoms with van der Waals surface area (Å²) in [5.41, 5.74) is 5.85. The molecule has 0 aromatic carbocycles. The van der Waals surface area contributed by atoms with Crippen LogP contribution in [0.5, 0.6) is 0 Å². The van der Waals surface area contributed by atoms with E-state index in [-0.39, 0.29) is 12.5 Å². The molecule has 0 amide bonds. The van der Waals surface area contributed by atoms with Crippen molar-refractivity contribution in [2.75, 3.05) is 6.61 Å². The Morgan fingerprint density at radius 3 is 2.42 bits per heavy atom. The lowest BCUT2D eigenvalue weighted by molar-refractivity contribution is -0.187. The van der Waals surface area contributed by atoms with E-state index in [0.29, 0.717) is 6.29 Å². The summed E-state index contributed by atoms with van der Waals surface area (Å²) in [7, 11) is 0. The minimum Gasteiger partial charge on any atom is -0.463 e. The van der Waals surface area contributed by atoms with E-state index >= 15 is 0 Å². The van der Waals surface area contributed by atoms with E-state index in [2.05, 4.69) is 0 Å². The van der Waals surface area contributed by atoms with Crippen LogP contribution in [-0.4, -0.2) is 49.2 Å². The highest BCUT2D eigenvalue weighted by atomic mass is 16.6. The molecule has 1 aliphatic rings. The second kappa shape index (κ2) is 6.63. The highest BCUT2D eigenvalue weighted by Gasteiger charge is 2.44. The summed E-state index contributed by atoms with van der Waals surface area (Å²) in [6.45, 7) is 4.31. The molecule has 0 spiro atoms. The van der Waals surface area contributed by atoms with E-state index in [1.807, 2.05) is 0 Å². The van der Waals surface area contributed by atoms with Crippen molar-refractivity contribution in [3.8, 4) is 0 Å². The molecule has 1 aliphatic heterocycles. The molecule has 7 heteroatoms. The molecular formula is C12H19NO6. The van der Waals surface area contributed by atoms with Crippen LogP contribution in [0.25, 0.3) is 0 Å². The lowest BCUT2D eigenvalue weighted by Gasteiger charge is -2.41. The standard InChI is InChI=1S/C12H19NO6/c1-6-10(5-17-7(2)15)19-9(4-14)11(13)12(6)18-8(3)16/h4,6,9-12H,5,13H2,1-3H3/t6-,9+,10?,11?,12?/m1/s1. The van der Waals surface area contributed by atoms with Crippen LogP contribution in [-0.2, 0) is 28.6 Å². The highest BCUT2D eigenvalue weighted by Crippen LogP contribution is 2.27. The Balaban J connectivity index is 2.80. The van der Waals surface area contributed by atoms with Gasteiger partial charge in [-0.2, -0.15) is 0 Å². The van der Waals surface area contributed by atoms with Gasteiger partial charge < -0.3 is 24.7 Å². The summed E-state index contributed by atoms with van der Waals surface area (Å²) in [5, 5.41) is 0. The Morgan fingerprint density at radius 1 is 1.32 bits per heavy atom. The number of rotatable bonds is 4. The number of hydrogen-bond donors (Lipinski definition) is 1. The number of nitrogens with two attached hydrogens (primary N) is 1. The average Bonchev–Trinajstić information content (AvgIpc) is 2.33. The monoisotopic (exact) mass is 273 g/mol. The van der Waals surface area contributed by atoms with E-state index in [0.717, 1.165) is 0 Å². The molecule has 7 nitrogen and oxygen atoms in total. The summed E-state index contributed by atoms with van der Waals surface area (Å²) in [6, 6.07) is -0.732. The molecule has 0 aliphatic carbocycles. The molecule has 19 heavy (non-hydrogen) atoms. The minimum atomic E-state index is -0.888. The molecule has 2 N–H and O–H groups in total. The molecule has 1 rings (SSSR count). The van der Waals surface area contributed by atoms with Crippen molar-refractivity contribution in [2.24, 2.45) is 11.7 Å². The summed E-state index contributed by atoms with van der Waals surface area (Å²) in [5.74, 6) is -1.21. The summed E-state index contributed by atoms with van der Waals surface area (Å²) < 4.78 is 15.5. The third-order valence-corrected chi connectivity index (χ3v) is 3.08. The molecule has 3 unspecified atom stereocenters. The third-order valence-electron chi connectivity index (χ3n) is 3.08. The molecular weight excluding hydrogens is 254 g/mol. The van der Waals surface area contributed by atoms with Gasteiger partial charge in [-0.3, -0.25) is 9.59 Å². The molecule has 1 saturated heterocycles. The fourth-order valence-corrected chi connectivity index (χ4v) is 2.06. The van der Waals surface area contributed by atoms with Crippen molar-refractivity contribution in [2.45, 2.75) is 45.1 Å². The van der Waals surface area contributed by atoms with Gasteiger partial charge in [0.25, 0.3) is 0 Å². The number of esters is 2. The Hall–Kier alpha value is -1.47. The Kier molecular flexibility index (Phi) is 5.44. The van der Waals surface area contributed by atoms with E-state index in [4.69, 9.17) is 19.9 Å². The van der Waals surface area contributed by atoms with Crippen molar-refractivity contribution >= 4 is 18.2 Å². The van der Waals surface area contributed by atoms with Gasteiger partial charge in [0.15, 0.2) is 6.29 Å². The second-order valence-corrected chi connectivity index (χ2v) is 4.59. The molecule has 5 atom stereocenters. The zero-order chi connectivity index (χ0) is 14.6. The molecule has 0 bridgehead atoms. The van der Waals surface area contributed by atoms with Gasteiger partial charge in [-0.05, 0) is 0 Å². The van der Waals surface area contributed by atoms with Gasteiger partial charge in [0, 0.05) is 19.8 Å². The number of hydrogen-bond acceptors (Lipinski definition) is 7.